The Labute approximate surface area is 97.3 Å². The van der Waals surface area contributed by atoms with E-state index in [9.17, 15) is 8.42 Å². The molecule has 16 heavy (non-hydrogen) atoms. The molecule has 0 radical (unpaired) electrons. The first kappa shape index (κ1) is 13.9. The summed E-state index contributed by atoms with van der Waals surface area (Å²) in [7, 11) is -1.87. The van der Waals surface area contributed by atoms with Crippen molar-refractivity contribution in [1.29, 1.82) is 0 Å². The highest BCUT2D eigenvalue weighted by Gasteiger charge is 2.35. The molecule has 0 aliphatic carbocycles. The summed E-state index contributed by atoms with van der Waals surface area (Å²) in [4.78, 5) is 0. The third kappa shape index (κ3) is 3.67. The minimum absolute atomic E-state index is 0.428. The predicted molar refractivity (Wildman–Crippen MR) is 62.2 cm³/mol. The Morgan fingerprint density at radius 2 is 2.25 bits per heavy atom. The Bertz CT molecular complexity index is 312. The number of nitrogens with one attached hydrogen (secondary N) is 1. The summed E-state index contributed by atoms with van der Waals surface area (Å²) in [6, 6.07) is 0. The maximum Gasteiger partial charge on any atom is 0.279 e. The van der Waals surface area contributed by atoms with Gasteiger partial charge < -0.3 is 10.5 Å². The number of nitrogens with two attached hydrogens (primary N) is 1. The molecule has 1 fully saturated rings. The van der Waals surface area contributed by atoms with Crippen molar-refractivity contribution >= 4 is 10.2 Å². The molecule has 7 heteroatoms. The van der Waals surface area contributed by atoms with Crippen molar-refractivity contribution in [2.45, 2.75) is 25.3 Å². The molecule has 1 aliphatic heterocycles. The Morgan fingerprint density at radius 1 is 1.56 bits per heavy atom. The third-order valence-electron chi connectivity index (χ3n) is 2.68. The van der Waals surface area contributed by atoms with Crippen LogP contribution in [-0.4, -0.2) is 51.6 Å². The van der Waals surface area contributed by atoms with Gasteiger partial charge in [-0.25, -0.2) is 0 Å². The number of ether oxygens (including phenoxy) is 1. The van der Waals surface area contributed by atoms with Gasteiger partial charge in [0.05, 0.1) is 12.1 Å². The first-order valence-corrected chi connectivity index (χ1v) is 6.87. The van der Waals surface area contributed by atoms with E-state index in [1.807, 2.05) is 6.92 Å². The Hall–Kier alpha value is -0.210. The van der Waals surface area contributed by atoms with Crippen molar-refractivity contribution in [3.05, 3.63) is 0 Å². The third-order valence-corrected chi connectivity index (χ3v) is 4.44. The molecule has 3 N–H and O–H groups in total. The monoisotopic (exact) mass is 251 g/mol. The molecule has 0 spiro atoms. The average Bonchev–Trinajstić information content (AvgIpc) is 2.59. The summed E-state index contributed by atoms with van der Waals surface area (Å²) in [6.07, 6.45) is 1.36. The van der Waals surface area contributed by atoms with Crippen LogP contribution in [0.2, 0.25) is 0 Å². The van der Waals surface area contributed by atoms with Gasteiger partial charge in [0, 0.05) is 20.2 Å². The zero-order valence-corrected chi connectivity index (χ0v) is 10.7. The molecule has 0 amide bonds. The van der Waals surface area contributed by atoms with Crippen LogP contribution < -0.4 is 10.5 Å². The highest BCUT2D eigenvalue weighted by molar-refractivity contribution is 7.87. The van der Waals surface area contributed by atoms with Crippen molar-refractivity contribution in [3.8, 4) is 0 Å². The van der Waals surface area contributed by atoms with Gasteiger partial charge in [0.2, 0.25) is 0 Å². The molecule has 0 aromatic heterocycles. The fourth-order valence-corrected chi connectivity index (χ4v) is 2.88. The lowest BCUT2D eigenvalue weighted by atomic mass is 10.0. The van der Waals surface area contributed by atoms with Gasteiger partial charge in [-0.15, -0.1) is 0 Å². The van der Waals surface area contributed by atoms with Gasteiger partial charge in [0.15, 0.2) is 0 Å². The van der Waals surface area contributed by atoms with Gasteiger partial charge in [-0.05, 0) is 26.3 Å². The molecular weight excluding hydrogens is 230 g/mol. The second-order valence-electron chi connectivity index (χ2n) is 4.43. The summed E-state index contributed by atoms with van der Waals surface area (Å²) in [5, 5.41) is 0. The van der Waals surface area contributed by atoms with E-state index in [-0.39, 0.29) is 0 Å². The van der Waals surface area contributed by atoms with Crippen molar-refractivity contribution in [2.24, 2.45) is 5.73 Å². The van der Waals surface area contributed by atoms with E-state index in [0.29, 0.717) is 39.1 Å². The van der Waals surface area contributed by atoms with Gasteiger partial charge in [-0.1, -0.05) is 0 Å². The Balaban J connectivity index is 2.56. The van der Waals surface area contributed by atoms with E-state index in [4.69, 9.17) is 10.5 Å². The predicted octanol–water partition coefficient (Wildman–Crippen LogP) is -0.720. The summed E-state index contributed by atoms with van der Waals surface area (Å²) in [5.74, 6) is 0. The van der Waals surface area contributed by atoms with Crippen molar-refractivity contribution < 1.29 is 13.2 Å². The summed E-state index contributed by atoms with van der Waals surface area (Å²) >= 11 is 0. The topological polar surface area (TPSA) is 84.7 Å². The van der Waals surface area contributed by atoms with E-state index in [1.165, 1.54) is 4.31 Å². The normalized spacial score (nSPS) is 26.5. The van der Waals surface area contributed by atoms with Gasteiger partial charge in [-0.2, -0.15) is 17.4 Å². The minimum Gasteiger partial charge on any atom is -0.379 e. The second kappa shape index (κ2) is 5.42. The lowest BCUT2D eigenvalue weighted by molar-refractivity contribution is 0.177. The maximum atomic E-state index is 11.9. The van der Waals surface area contributed by atoms with Crippen LogP contribution in [0.1, 0.15) is 19.8 Å². The number of hydrogen-bond donors (Lipinski definition) is 2. The van der Waals surface area contributed by atoms with Crippen LogP contribution in [0, 0.1) is 0 Å². The highest BCUT2D eigenvalue weighted by Crippen LogP contribution is 2.19. The van der Waals surface area contributed by atoms with Crippen LogP contribution in [0.5, 0.6) is 0 Å². The molecule has 1 atom stereocenters. The lowest BCUT2D eigenvalue weighted by Crippen LogP contribution is -2.51. The zero-order valence-electron chi connectivity index (χ0n) is 9.90. The van der Waals surface area contributed by atoms with E-state index >= 15 is 0 Å². The summed E-state index contributed by atoms with van der Waals surface area (Å²) < 4.78 is 33.0. The van der Waals surface area contributed by atoms with Crippen LogP contribution in [0.4, 0.5) is 0 Å². The molecule has 96 valence electrons. The molecule has 0 bridgehead atoms. The molecule has 1 unspecified atom stereocenters. The van der Waals surface area contributed by atoms with Crippen LogP contribution in [0.3, 0.4) is 0 Å². The van der Waals surface area contributed by atoms with E-state index < -0.39 is 15.7 Å². The smallest absolute Gasteiger partial charge is 0.279 e. The standard InChI is InChI=1S/C9H21N3O3S/c1-9(4-7-15-8-9)11-16(13,14)12(2)6-3-5-10/h11H,3-8,10H2,1-2H3. The highest BCUT2D eigenvalue weighted by atomic mass is 32.2. The van der Waals surface area contributed by atoms with E-state index in [1.54, 1.807) is 7.05 Å². The lowest BCUT2D eigenvalue weighted by Gasteiger charge is -2.27. The summed E-state index contributed by atoms with van der Waals surface area (Å²) in [6.45, 7) is 3.81. The molecule has 0 aromatic rings. The fraction of sp³-hybridized carbons (Fsp3) is 1.00. The molecule has 0 saturated carbocycles. The van der Waals surface area contributed by atoms with E-state index in [2.05, 4.69) is 4.72 Å². The molecule has 1 saturated heterocycles. The number of nitrogens with zero attached hydrogens (tertiary/aromatic N) is 1. The van der Waals surface area contributed by atoms with E-state index in [0.717, 1.165) is 0 Å². The fourth-order valence-electron chi connectivity index (χ4n) is 1.57. The molecule has 1 aliphatic rings. The zero-order chi connectivity index (χ0) is 12.2. The first-order chi connectivity index (χ1) is 7.40. The van der Waals surface area contributed by atoms with Crippen molar-refractivity contribution in [3.63, 3.8) is 0 Å². The van der Waals surface area contributed by atoms with Crippen molar-refractivity contribution in [2.75, 3.05) is 33.4 Å². The number of hydrogen-bond acceptors (Lipinski definition) is 4. The SMILES string of the molecule is CN(CCCN)S(=O)(=O)NC1(C)CCOC1. The Kier molecular flexibility index (Phi) is 4.69. The van der Waals surface area contributed by atoms with Crippen LogP contribution in [-0.2, 0) is 14.9 Å². The Morgan fingerprint density at radius 3 is 2.75 bits per heavy atom. The second-order valence-corrected chi connectivity index (χ2v) is 6.21. The van der Waals surface area contributed by atoms with Gasteiger partial charge in [0.25, 0.3) is 10.2 Å². The summed E-state index contributed by atoms with van der Waals surface area (Å²) in [5.41, 5.74) is 4.87. The molecule has 1 rings (SSSR count). The number of rotatable bonds is 6. The first-order valence-electron chi connectivity index (χ1n) is 5.43. The van der Waals surface area contributed by atoms with Gasteiger partial charge >= 0.3 is 0 Å². The van der Waals surface area contributed by atoms with Gasteiger partial charge in [0.1, 0.15) is 0 Å². The van der Waals surface area contributed by atoms with Crippen molar-refractivity contribution in [1.82, 2.24) is 9.03 Å². The molecular formula is C9H21N3O3S. The molecule has 0 aromatic carbocycles. The van der Waals surface area contributed by atoms with Crippen LogP contribution in [0.15, 0.2) is 0 Å². The van der Waals surface area contributed by atoms with Crippen LogP contribution in [0.25, 0.3) is 0 Å². The van der Waals surface area contributed by atoms with Gasteiger partial charge in [-0.3, -0.25) is 0 Å². The maximum absolute atomic E-state index is 11.9. The van der Waals surface area contributed by atoms with Crippen LogP contribution >= 0.6 is 0 Å². The average molecular weight is 251 g/mol. The quantitative estimate of drug-likeness (QED) is 0.652. The minimum atomic E-state index is -3.43. The molecule has 1 heterocycles. The largest absolute Gasteiger partial charge is 0.379 e. The molecule has 6 nitrogen and oxygen atoms in total.